The number of rotatable bonds is 2. The Kier molecular flexibility index (Phi) is 1.89. The summed E-state index contributed by atoms with van der Waals surface area (Å²) >= 11 is 0. The van der Waals surface area contributed by atoms with Gasteiger partial charge in [-0.3, -0.25) is 4.79 Å². The van der Waals surface area contributed by atoms with E-state index < -0.39 is 0 Å². The molecule has 0 aliphatic rings. The standard InChI is InChI=1S/C11H11NO/c1-2-10-6-9-5-8(7-13)3-4-11(9)12-10/h3-7,12H,2H2,1H3. The van der Waals surface area contributed by atoms with Crippen molar-refractivity contribution in [2.75, 3.05) is 0 Å². The summed E-state index contributed by atoms with van der Waals surface area (Å²) in [5, 5.41) is 1.11. The molecule has 0 atom stereocenters. The smallest absolute Gasteiger partial charge is 0.150 e. The number of aromatic nitrogens is 1. The minimum Gasteiger partial charge on any atom is -0.358 e. The van der Waals surface area contributed by atoms with Crippen LogP contribution in [0.15, 0.2) is 24.3 Å². The van der Waals surface area contributed by atoms with Gasteiger partial charge >= 0.3 is 0 Å². The molecule has 1 N–H and O–H groups in total. The number of aromatic amines is 1. The summed E-state index contributed by atoms with van der Waals surface area (Å²) in [5.41, 5.74) is 3.04. The van der Waals surface area contributed by atoms with Gasteiger partial charge in [0, 0.05) is 22.2 Å². The molecule has 0 saturated heterocycles. The van der Waals surface area contributed by atoms with Crippen molar-refractivity contribution in [1.29, 1.82) is 0 Å². The molecule has 0 amide bonds. The van der Waals surface area contributed by atoms with E-state index in [-0.39, 0.29) is 0 Å². The number of carbonyl (C=O) groups excluding carboxylic acids is 1. The van der Waals surface area contributed by atoms with Crippen LogP contribution in [0.2, 0.25) is 0 Å². The van der Waals surface area contributed by atoms with Crippen molar-refractivity contribution in [2.24, 2.45) is 0 Å². The molecule has 2 heteroatoms. The summed E-state index contributed by atoms with van der Waals surface area (Å²) < 4.78 is 0. The maximum atomic E-state index is 10.5. The molecule has 0 radical (unpaired) electrons. The van der Waals surface area contributed by atoms with Gasteiger partial charge < -0.3 is 4.98 Å². The fourth-order valence-corrected chi connectivity index (χ4v) is 1.47. The number of fused-ring (bicyclic) bond motifs is 1. The van der Waals surface area contributed by atoms with Gasteiger partial charge in [-0.1, -0.05) is 6.92 Å². The predicted molar refractivity (Wildman–Crippen MR) is 53.1 cm³/mol. The average Bonchev–Trinajstić information content (AvgIpc) is 2.58. The Morgan fingerprint density at radius 2 is 2.23 bits per heavy atom. The second-order valence-electron chi connectivity index (χ2n) is 3.11. The molecule has 0 saturated carbocycles. The van der Waals surface area contributed by atoms with E-state index in [1.165, 1.54) is 5.69 Å². The Bertz CT molecular complexity index is 442. The lowest BCUT2D eigenvalue weighted by molar-refractivity contribution is 0.112. The molecule has 2 nitrogen and oxygen atoms in total. The minimum absolute atomic E-state index is 0.731. The highest BCUT2D eigenvalue weighted by Gasteiger charge is 1.99. The number of carbonyl (C=O) groups is 1. The summed E-state index contributed by atoms with van der Waals surface area (Å²) in [5.74, 6) is 0. The Morgan fingerprint density at radius 1 is 1.38 bits per heavy atom. The van der Waals surface area contributed by atoms with Gasteiger partial charge in [0.1, 0.15) is 6.29 Å². The fraction of sp³-hybridized carbons (Fsp3) is 0.182. The van der Waals surface area contributed by atoms with Crippen molar-refractivity contribution >= 4 is 17.2 Å². The van der Waals surface area contributed by atoms with E-state index in [1.807, 2.05) is 18.2 Å². The molecular weight excluding hydrogens is 162 g/mol. The highest BCUT2D eigenvalue weighted by atomic mass is 16.1. The molecule has 0 bridgehead atoms. The van der Waals surface area contributed by atoms with Crippen LogP contribution in [-0.4, -0.2) is 11.3 Å². The molecule has 13 heavy (non-hydrogen) atoms. The quantitative estimate of drug-likeness (QED) is 0.695. The molecule has 66 valence electrons. The highest BCUT2D eigenvalue weighted by Crippen LogP contribution is 2.16. The summed E-state index contributed by atoms with van der Waals surface area (Å²) in [6.07, 6.45) is 1.86. The van der Waals surface area contributed by atoms with Gasteiger partial charge in [0.15, 0.2) is 0 Å². The number of aryl methyl sites for hydroxylation is 1. The normalized spacial score (nSPS) is 10.5. The molecule has 0 unspecified atom stereocenters. The SMILES string of the molecule is CCc1cc2cc(C=O)ccc2[nH]1. The van der Waals surface area contributed by atoms with Gasteiger partial charge in [-0.15, -0.1) is 0 Å². The maximum Gasteiger partial charge on any atom is 0.150 e. The maximum absolute atomic E-state index is 10.5. The summed E-state index contributed by atoms with van der Waals surface area (Å²) in [7, 11) is 0. The largest absolute Gasteiger partial charge is 0.358 e. The predicted octanol–water partition coefficient (Wildman–Crippen LogP) is 2.54. The molecule has 0 spiro atoms. The second kappa shape index (κ2) is 3.05. The molecule has 1 heterocycles. The lowest BCUT2D eigenvalue weighted by Crippen LogP contribution is -1.77. The van der Waals surface area contributed by atoms with Crippen LogP contribution >= 0.6 is 0 Å². The third-order valence-corrected chi connectivity index (χ3v) is 2.22. The van der Waals surface area contributed by atoms with E-state index in [9.17, 15) is 4.79 Å². The molecule has 1 aromatic heterocycles. The van der Waals surface area contributed by atoms with Crippen molar-refractivity contribution < 1.29 is 4.79 Å². The van der Waals surface area contributed by atoms with E-state index in [0.29, 0.717) is 0 Å². The molecule has 0 aliphatic heterocycles. The molecule has 0 fully saturated rings. The van der Waals surface area contributed by atoms with Crippen molar-refractivity contribution in [3.8, 4) is 0 Å². The molecular formula is C11H11NO. The Labute approximate surface area is 76.6 Å². The van der Waals surface area contributed by atoms with Crippen LogP contribution in [0, 0.1) is 0 Å². The number of H-pyrrole nitrogens is 1. The van der Waals surface area contributed by atoms with E-state index in [4.69, 9.17) is 0 Å². The van der Waals surface area contributed by atoms with Crippen LogP contribution in [0.25, 0.3) is 10.9 Å². The highest BCUT2D eigenvalue weighted by molar-refractivity contribution is 5.87. The Morgan fingerprint density at radius 3 is 2.92 bits per heavy atom. The first-order chi connectivity index (χ1) is 6.33. The number of hydrogen-bond acceptors (Lipinski definition) is 1. The Balaban J connectivity index is 2.63. The first kappa shape index (κ1) is 8.05. The summed E-state index contributed by atoms with van der Waals surface area (Å²) in [6.45, 7) is 2.10. The van der Waals surface area contributed by atoms with Gasteiger partial charge in [0.05, 0.1) is 0 Å². The summed E-state index contributed by atoms with van der Waals surface area (Å²) in [4.78, 5) is 13.8. The van der Waals surface area contributed by atoms with Crippen LogP contribution < -0.4 is 0 Å². The van der Waals surface area contributed by atoms with E-state index in [2.05, 4.69) is 18.0 Å². The van der Waals surface area contributed by atoms with Crippen molar-refractivity contribution in [1.82, 2.24) is 4.98 Å². The average molecular weight is 173 g/mol. The molecule has 2 aromatic rings. The van der Waals surface area contributed by atoms with E-state index in [0.717, 1.165) is 29.2 Å². The van der Waals surface area contributed by atoms with Crippen LogP contribution in [0.4, 0.5) is 0 Å². The minimum atomic E-state index is 0.731. The molecule has 0 aliphatic carbocycles. The monoisotopic (exact) mass is 173 g/mol. The third-order valence-electron chi connectivity index (χ3n) is 2.22. The first-order valence-corrected chi connectivity index (χ1v) is 4.40. The molecule has 1 aromatic carbocycles. The second-order valence-corrected chi connectivity index (χ2v) is 3.11. The lowest BCUT2D eigenvalue weighted by atomic mass is 10.2. The van der Waals surface area contributed by atoms with Gasteiger partial charge in [0.2, 0.25) is 0 Å². The third kappa shape index (κ3) is 1.35. The van der Waals surface area contributed by atoms with Crippen LogP contribution in [0.1, 0.15) is 23.0 Å². The van der Waals surface area contributed by atoms with Gasteiger partial charge in [-0.05, 0) is 30.7 Å². The zero-order valence-electron chi connectivity index (χ0n) is 7.50. The van der Waals surface area contributed by atoms with Crippen LogP contribution in [0.3, 0.4) is 0 Å². The first-order valence-electron chi connectivity index (χ1n) is 4.40. The zero-order chi connectivity index (χ0) is 9.26. The number of aldehydes is 1. The van der Waals surface area contributed by atoms with Crippen LogP contribution in [-0.2, 0) is 6.42 Å². The van der Waals surface area contributed by atoms with Gasteiger partial charge in [-0.25, -0.2) is 0 Å². The van der Waals surface area contributed by atoms with Gasteiger partial charge in [0.25, 0.3) is 0 Å². The van der Waals surface area contributed by atoms with Crippen molar-refractivity contribution in [3.05, 3.63) is 35.5 Å². The van der Waals surface area contributed by atoms with Crippen molar-refractivity contribution in [3.63, 3.8) is 0 Å². The van der Waals surface area contributed by atoms with E-state index in [1.54, 1.807) is 0 Å². The summed E-state index contributed by atoms with van der Waals surface area (Å²) in [6, 6.07) is 7.75. The van der Waals surface area contributed by atoms with Crippen molar-refractivity contribution in [2.45, 2.75) is 13.3 Å². The molecule has 2 rings (SSSR count). The van der Waals surface area contributed by atoms with E-state index >= 15 is 0 Å². The number of nitrogens with one attached hydrogen (secondary N) is 1. The number of benzene rings is 1. The van der Waals surface area contributed by atoms with Gasteiger partial charge in [-0.2, -0.15) is 0 Å². The van der Waals surface area contributed by atoms with Crippen LogP contribution in [0.5, 0.6) is 0 Å². The lowest BCUT2D eigenvalue weighted by Gasteiger charge is -1.89. The topological polar surface area (TPSA) is 32.9 Å². The number of hydrogen-bond donors (Lipinski definition) is 1. The zero-order valence-corrected chi connectivity index (χ0v) is 7.50. The fourth-order valence-electron chi connectivity index (χ4n) is 1.47. The Hall–Kier alpha value is -1.57.